The van der Waals surface area contributed by atoms with Crippen molar-refractivity contribution >= 4 is 37.8 Å². The molecule has 1 saturated carbocycles. The Labute approximate surface area is 125 Å². The van der Waals surface area contributed by atoms with E-state index in [1.165, 1.54) is 12.8 Å². The van der Waals surface area contributed by atoms with Crippen LogP contribution in [-0.4, -0.2) is 17.3 Å². The monoisotopic (exact) mass is 373 g/mol. The summed E-state index contributed by atoms with van der Waals surface area (Å²) in [7, 11) is 0. The first-order valence-electron chi connectivity index (χ1n) is 6.25. The molecule has 1 amide bonds. The van der Waals surface area contributed by atoms with Gasteiger partial charge in [0, 0.05) is 15.8 Å². The number of aryl methyl sites for hydroxylation is 1. The van der Waals surface area contributed by atoms with E-state index in [9.17, 15) is 4.79 Å². The first-order valence-corrected chi connectivity index (χ1v) is 8.16. The van der Waals surface area contributed by atoms with Gasteiger partial charge in [-0.25, -0.2) is 0 Å². The van der Waals surface area contributed by atoms with Crippen molar-refractivity contribution in [3.63, 3.8) is 0 Å². The molecule has 1 fully saturated rings. The predicted molar refractivity (Wildman–Crippen MR) is 81.3 cm³/mol. The highest BCUT2D eigenvalue weighted by atomic mass is 79.9. The molecule has 1 aromatic rings. The molecule has 0 radical (unpaired) electrons. The van der Waals surface area contributed by atoms with Crippen molar-refractivity contribution < 1.29 is 4.79 Å². The van der Waals surface area contributed by atoms with Gasteiger partial charge in [-0.05, 0) is 59.3 Å². The molecule has 0 bridgehead atoms. The molecule has 98 valence electrons. The molecule has 1 aromatic carbocycles. The molecule has 0 spiro atoms. The van der Waals surface area contributed by atoms with Gasteiger partial charge in [0.1, 0.15) is 0 Å². The maximum Gasteiger partial charge on any atom is 0.252 e. The first-order chi connectivity index (χ1) is 8.61. The zero-order valence-electron chi connectivity index (χ0n) is 10.4. The molecule has 0 saturated heterocycles. The zero-order valence-corrected chi connectivity index (χ0v) is 13.6. The fourth-order valence-electron chi connectivity index (χ4n) is 2.46. The average Bonchev–Trinajstić information content (AvgIpc) is 2.76. The van der Waals surface area contributed by atoms with Crippen LogP contribution in [0.25, 0.3) is 0 Å². The summed E-state index contributed by atoms with van der Waals surface area (Å²) in [6, 6.07) is 6.14. The number of carbonyl (C=O) groups is 1. The number of alkyl halides is 1. The highest BCUT2D eigenvalue weighted by Gasteiger charge is 2.28. The number of benzene rings is 1. The van der Waals surface area contributed by atoms with Gasteiger partial charge in [0.15, 0.2) is 0 Å². The third kappa shape index (κ3) is 3.15. The number of halogens is 2. The number of rotatable bonds is 3. The lowest BCUT2D eigenvalue weighted by atomic mass is 10.1. The van der Waals surface area contributed by atoms with Crippen LogP contribution in [0.4, 0.5) is 0 Å². The normalized spacial score (nSPS) is 23.1. The van der Waals surface area contributed by atoms with E-state index >= 15 is 0 Å². The quantitative estimate of drug-likeness (QED) is 0.794. The van der Waals surface area contributed by atoms with Gasteiger partial charge in [-0.1, -0.05) is 28.4 Å². The third-order valence-electron chi connectivity index (χ3n) is 3.54. The van der Waals surface area contributed by atoms with Crippen LogP contribution in [0, 0.1) is 12.8 Å². The first kappa shape index (κ1) is 14.1. The van der Waals surface area contributed by atoms with Gasteiger partial charge in [0.25, 0.3) is 5.91 Å². The molecule has 2 atom stereocenters. The smallest absolute Gasteiger partial charge is 0.252 e. The summed E-state index contributed by atoms with van der Waals surface area (Å²) in [5.41, 5.74) is 1.87. The Morgan fingerprint density at radius 2 is 2.22 bits per heavy atom. The van der Waals surface area contributed by atoms with Crippen LogP contribution in [0.2, 0.25) is 0 Å². The van der Waals surface area contributed by atoms with Gasteiger partial charge in [-0.2, -0.15) is 0 Å². The summed E-state index contributed by atoms with van der Waals surface area (Å²) in [5, 5.41) is 4.12. The Hall–Kier alpha value is -0.350. The van der Waals surface area contributed by atoms with E-state index in [-0.39, 0.29) is 5.91 Å². The van der Waals surface area contributed by atoms with Crippen molar-refractivity contribution in [2.45, 2.75) is 32.2 Å². The number of hydrogen-bond donors (Lipinski definition) is 1. The number of nitrogens with one attached hydrogen (secondary N) is 1. The predicted octanol–water partition coefficient (Wildman–Crippen LogP) is 4.05. The molecular formula is C14H17Br2NO. The Kier molecular flexibility index (Phi) is 4.84. The van der Waals surface area contributed by atoms with Crippen molar-refractivity contribution in [3.8, 4) is 0 Å². The van der Waals surface area contributed by atoms with E-state index < -0.39 is 0 Å². The maximum atomic E-state index is 12.2. The van der Waals surface area contributed by atoms with Crippen LogP contribution in [-0.2, 0) is 0 Å². The van der Waals surface area contributed by atoms with Gasteiger partial charge in [0.2, 0.25) is 0 Å². The minimum Gasteiger partial charge on any atom is -0.349 e. The molecule has 1 aliphatic rings. The van der Waals surface area contributed by atoms with Gasteiger partial charge in [0.05, 0.1) is 5.56 Å². The van der Waals surface area contributed by atoms with Crippen LogP contribution in [0.3, 0.4) is 0 Å². The Balaban J connectivity index is 2.07. The van der Waals surface area contributed by atoms with Gasteiger partial charge < -0.3 is 5.32 Å². The van der Waals surface area contributed by atoms with E-state index in [1.807, 2.05) is 25.1 Å². The molecule has 0 heterocycles. The topological polar surface area (TPSA) is 29.1 Å². The third-order valence-corrected chi connectivity index (χ3v) is 5.03. The highest BCUT2D eigenvalue weighted by Crippen LogP contribution is 2.28. The van der Waals surface area contributed by atoms with Gasteiger partial charge in [-0.15, -0.1) is 0 Å². The van der Waals surface area contributed by atoms with Crippen LogP contribution in [0.1, 0.15) is 35.2 Å². The van der Waals surface area contributed by atoms with E-state index in [4.69, 9.17) is 0 Å². The second kappa shape index (κ2) is 6.20. The van der Waals surface area contributed by atoms with E-state index in [0.29, 0.717) is 12.0 Å². The lowest BCUT2D eigenvalue weighted by Gasteiger charge is -2.19. The molecule has 2 unspecified atom stereocenters. The summed E-state index contributed by atoms with van der Waals surface area (Å²) in [5.74, 6) is 0.595. The van der Waals surface area contributed by atoms with E-state index in [1.54, 1.807) is 0 Å². The van der Waals surface area contributed by atoms with Gasteiger partial charge >= 0.3 is 0 Å². The molecule has 4 heteroatoms. The van der Waals surface area contributed by atoms with Crippen LogP contribution in [0.15, 0.2) is 22.7 Å². The molecule has 2 nitrogen and oxygen atoms in total. The number of amides is 1. The molecule has 0 aliphatic heterocycles. The molecular weight excluding hydrogens is 358 g/mol. The van der Waals surface area contributed by atoms with E-state index in [2.05, 4.69) is 37.2 Å². The SMILES string of the molecule is Cc1ccc(C(=O)NC2CCCC2CBr)c(Br)c1. The summed E-state index contributed by atoms with van der Waals surface area (Å²) in [6.07, 6.45) is 3.49. The van der Waals surface area contributed by atoms with Crippen molar-refractivity contribution in [3.05, 3.63) is 33.8 Å². The Morgan fingerprint density at radius 1 is 1.44 bits per heavy atom. The minimum absolute atomic E-state index is 0.0275. The molecule has 1 N–H and O–H groups in total. The lowest BCUT2D eigenvalue weighted by molar-refractivity contribution is 0.0929. The van der Waals surface area contributed by atoms with Crippen molar-refractivity contribution in [2.24, 2.45) is 5.92 Å². The maximum absolute atomic E-state index is 12.2. The van der Waals surface area contributed by atoms with Crippen LogP contribution < -0.4 is 5.32 Å². The Bertz CT molecular complexity index is 447. The summed E-state index contributed by atoms with van der Waals surface area (Å²) in [4.78, 5) is 12.2. The molecule has 18 heavy (non-hydrogen) atoms. The van der Waals surface area contributed by atoms with Crippen LogP contribution in [0.5, 0.6) is 0 Å². The summed E-state index contributed by atoms with van der Waals surface area (Å²) < 4.78 is 0.869. The number of carbonyl (C=O) groups excluding carboxylic acids is 1. The van der Waals surface area contributed by atoms with Crippen LogP contribution >= 0.6 is 31.9 Å². The zero-order chi connectivity index (χ0) is 13.1. The molecule has 2 rings (SSSR count). The largest absolute Gasteiger partial charge is 0.349 e. The summed E-state index contributed by atoms with van der Waals surface area (Å²) >= 11 is 6.99. The van der Waals surface area contributed by atoms with Crippen molar-refractivity contribution in [1.29, 1.82) is 0 Å². The summed E-state index contributed by atoms with van der Waals surface area (Å²) in [6.45, 7) is 2.02. The standard InChI is InChI=1S/C14H17Br2NO/c1-9-5-6-11(12(16)7-9)14(18)17-13-4-2-3-10(13)8-15/h5-7,10,13H,2-4,8H2,1H3,(H,17,18). The second-order valence-corrected chi connectivity index (χ2v) is 6.41. The molecule has 0 aromatic heterocycles. The number of hydrogen-bond acceptors (Lipinski definition) is 1. The van der Waals surface area contributed by atoms with E-state index in [0.717, 1.165) is 27.4 Å². The van der Waals surface area contributed by atoms with Crippen molar-refractivity contribution in [1.82, 2.24) is 5.32 Å². The Morgan fingerprint density at radius 3 is 2.89 bits per heavy atom. The van der Waals surface area contributed by atoms with Crippen molar-refractivity contribution in [2.75, 3.05) is 5.33 Å². The highest BCUT2D eigenvalue weighted by molar-refractivity contribution is 9.10. The minimum atomic E-state index is 0.0275. The molecule has 1 aliphatic carbocycles. The second-order valence-electron chi connectivity index (χ2n) is 4.91. The van der Waals surface area contributed by atoms with Gasteiger partial charge in [-0.3, -0.25) is 4.79 Å². The lowest BCUT2D eigenvalue weighted by Crippen LogP contribution is -2.38. The average molecular weight is 375 g/mol. The fraction of sp³-hybridized carbons (Fsp3) is 0.500. The fourth-order valence-corrected chi connectivity index (χ4v) is 3.91.